The Morgan fingerprint density at radius 1 is 1.53 bits per heavy atom. The molecule has 2 rings (SSSR count). The SMILES string of the molecule is CC(CNc1ccc(Br)cc1N)c1nccs1. The summed E-state index contributed by atoms with van der Waals surface area (Å²) in [7, 11) is 0. The van der Waals surface area contributed by atoms with Gasteiger partial charge >= 0.3 is 0 Å². The van der Waals surface area contributed by atoms with E-state index in [0.717, 1.165) is 27.4 Å². The van der Waals surface area contributed by atoms with Gasteiger partial charge in [-0.2, -0.15) is 0 Å². The Kier molecular flexibility index (Phi) is 4.02. The van der Waals surface area contributed by atoms with Crippen LogP contribution >= 0.6 is 27.3 Å². The van der Waals surface area contributed by atoms with E-state index in [1.165, 1.54) is 0 Å². The molecule has 1 aromatic heterocycles. The van der Waals surface area contributed by atoms with Crippen LogP contribution in [0.5, 0.6) is 0 Å². The molecule has 0 spiro atoms. The molecule has 1 heterocycles. The minimum atomic E-state index is 0.387. The molecule has 0 fully saturated rings. The zero-order valence-electron chi connectivity index (χ0n) is 9.48. The zero-order chi connectivity index (χ0) is 12.3. The van der Waals surface area contributed by atoms with Gasteiger partial charge in [0, 0.05) is 28.5 Å². The summed E-state index contributed by atoms with van der Waals surface area (Å²) in [6.45, 7) is 2.99. The van der Waals surface area contributed by atoms with Gasteiger partial charge < -0.3 is 11.1 Å². The number of nitrogen functional groups attached to an aromatic ring is 1. The van der Waals surface area contributed by atoms with E-state index < -0.39 is 0 Å². The molecular formula is C12H14BrN3S. The fourth-order valence-electron chi connectivity index (χ4n) is 1.52. The van der Waals surface area contributed by atoms with Crippen molar-refractivity contribution in [1.29, 1.82) is 0 Å². The molecule has 0 aliphatic heterocycles. The van der Waals surface area contributed by atoms with Crippen LogP contribution in [0.2, 0.25) is 0 Å². The van der Waals surface area contributed by atoms with E-state index in [2.05, 4.69) is 33.2 Å². The van der Waals surface area contributed by atoms with Crippen molar-refractivity contribution in [3.63, 3.8) is 0 Å². The molecule has 1 aromatic carbocycles. The highest BCUT2D eigenvalue weighted by molar-refractivity contribution is 9.10. The van der Waals surface area contributed by atoms with Gasteiger partial charge in [-0.25, -0.2) is 4.98 Å². The second-order valence-electron chi connectivity index (χ2n) is 3.88. The minimum absolute atomic E-state index is 0.387. The summed E-state index contributed by atoms with van der Waals surface area (Å²) in [4.78, 5) is 4.30. The first-order valence-electron chi connectivity index (χ1n) is 5.35. The number of aromatic nitrogens is 1. The largest absolute Gasteiger partial charge is 0.397 e. The van der Waals surface area contributed by atoms with Gasteiger partial charge in [-0.15, -0.1) is 11.3 Å². The second kappa shape index (κ2) is 5.51. The predicted octanol–water partition coefficient (Wildman–Crippen LogP) is 3.70. The Hall–Kier alpha value is -1.07. The van der Waals surface area contributed by atoms with E-state index in [-0.39, 0.29) is 0 Å². The highest BCUT2D eigenvalue weighted by atomic mass is 79.9. The highest BCUT2D eigenvalue weighted by Gasteiger charge is 2.08. The van der Waals surface area contributed by atoms with Gasteiger partial charge in [-0.3, -0.25) is 0 Å². The van der Waals surface area contributed by atoms with Crippen LogP contribution in [0.4, 0.5) is 11.4 Å². The summed E-state index contributed by atoms with van der Waals surface area (Å²) in [6, 6.07) is 5.86. The lowest BCUT2D eigenvalue weighted by atomic mass is 10.2. The molecule has 1 atom stereocenters. The summed E-state index contributed by atoms with van der Waals surface area (Å²) < 4.78 is 0.994. The summed E-state index contributed by atoms with van der Waals surface area (Å²) in [6.07, 6.45) is 1.84. The maximum absolute atomic E-state index is 5.92. The molecule has 1 unspecified atom stereocenters. The van der Waals surface area contributed by atoms with Crippen LogP contribution in [-0.4, -0.2) is 11.5 Å². The molecule has 2 aromatic rings. The van der Waals surface area contributed by atoms with Gasteiger partial charge in [-0.1, -0.05) is 22.9 Å². The molecule has 0 saturated heterocycles. The first kappa shape index (κ1) is 12.4. The van der Waals surface area contributed by atoms with E-state index in [0.29, 0.717) is 5.92 Å². The number of benzene rings is 1. The van der Waals surface area contributed by atoms with Gasteiger partial charge in [0.05, 0.1) is 16.4 Å². The molecule has 0 radical (unpaired) electrons. The third-order valence-electron chi connectivity index (χ3n) is 2.49. The lowest BCUT2D eigenvalue weighted by Crippen LogP contribution is -2.10. The summed E-state index contributed by atoms with van der Waals surface area (Å²) >= 11 is 5.07. The Morgan fingerprint density at radius 2 is 2.35 bits per heavy atom. The predicted molar refractivity (Wildman–Crippen MR) is 77.6 cm³/mol. The number of thiazole rings is 1. The van der Waals surface area contributed by atoms with Crippen molar-refractivity contribution in [3.05, 3.63) is 39.3 Å². The van der Waals surface area contributed by atoms with E-state index in [9.17, 15) is 0 Å². The average Bonchev–Trinajstić information content (AvgIpc) is 2.81. The third-order valence-corrected chi connectivity index (χ3v) is 3.99. The van der Waals surface area contributed by atoms with Gasteiger partial charge in [0.2, 0.25) is 0 Å². The zero-order valence-corrected chi connectivity index (χ0v) is 11.9. The number of nitrogens with two attached hydrogens (primary N) is 1. The fourth-order valence-corrected chi connectivity index (χ4v) is 2.60. The molecular weight excluding hydrogens is 298 g/mol. The van der Waals surface area contributed by atoms with E-state index in [4.69, 9.17) is 5.73 Å². The van der Waals surface area contributed by atoms with Crippen molar-refractivity contribution in [2.75, 3.05) is 17.6 Å². The lowest BCUT2D eigenvalue weighted by Gasteiger charge is -2.13. The Bertz CT molecular complexity index is 485. The number of halogens is 1. The van der Waals surface area contributed by atoms with Crippen molar-refractivity contribution in [2.24, 2.45) is 0 Å². The molecule has 3 nitrogen and oxygen atoms in total. The molecule has 3 N–H and O–H groups in total. The maximum atomic E-state index is 5.92. The molecule has 5 heteroatoms. The highest BCUT2D eigenvalue weighted by Crippen LogP contribution is 2.24. The van der Waals surface area contributed by atoms with Crippen LogP contribution in [-0.2, 0) is 0 Å². The summed E-state index contributed by atoms with van der Waals surface area (Å²) in [5, 5.41) is 6.50. The number of hydrogen-bond donors (Lipinski definition) is 2. The minimum Gasteiger partial charge on any atom is -0.397 e. The van der Waals surface area contributed by atoms with Gasteiger partial charge in [0.15, 0.2) is 0 Å². The normalized spacial score (nSPS) is 12.4. The fraction of sp³-hybridized carbons (Fsp3) is 0.250. The molecule has 0 bridgehead atoms. The maximum Gasteiger partial charge on any atom is 0.0970 e. The third kappa shape index (κ3) is 3.20. The van der Waals surface area contributed by atoms with Crippen LogP contribution in [0.15, 0.2) is 34.2 Å². The van der Waals surface area contributed by atoms with Crippen molar-refractivity contribution in [3.8, 4) is 0 Å². The smallest absolute Gasteiger partial charge is 0.0970 e. The van der Waals surface area contributed by atoms with E-state index in [1.807, 2.05) is 29.8 Å². The van der Waals surface area contributed by atoms with Crippen LogP contribution in [0.25, 0.3) is 0 Å². The van der Waals surface area contributed by atoms with Crippen molar-refractivity contribution in [2.45, 2.75) is 12.8 Å². The first-order chi connectivity index (χ1) is 8.16. The van der Waals surface area contributed by atoms with Crippen LogP contribution in [0.1, 0.15) is 17.8 Å². The molecule has 17 heavy (non-hydrogen) atoms. The number of nitrogens with zero attached hydrogens (tertiary/aromatic N) is 1. The monoisotopic (exact) mass is 311 g/mol. The molecule has 0 aliphatic rings. The van der Waals surface area contributed by atoms with Gasteiger partial charge in [-0.05, 0) is 18.2 Å². The number of anilines is 2. The quantitative estimate of drug-likeness (QED) is 0.846. The summed E-state index contributed by atoms with van der Waals surface area (Å²) in [5.74, 6) is 0.387. The number of nitrogens with one attached hydrogen (secondary N) is 1. The molecule has 0 saturated carbocycles. The van der Waals surface area contributed by atoms with Crippen LogP contribution < -0.4 is 11.1 Å². The van der Waals surface area contributed by atoms with Crippen LogP contribution in [0.3, 0.4) is 0 Å². The van der Waals surface area contributed by atoms with E-state index in [1.54, 1.807) is 11.3 Å². The number of hydrogen-bond acceptors (Lipinski definition) is 4. The standard InChI is InChI=1S/C12H14BrN3S/c1-8(12-15-4-5-17-12)7-16-11-3-2-9(13)6-10(11)14/h2-6,8,16H,7,14H2,1H3. The molecule has 90 valence electrons. The average molecular weight is 312 g/mol. The second-order valence-corrected chi connectivity index (χ2v) is 5.73. The van der Waals surface area contributed by atoms with Crippen molar-refractivity contribution >= 4 is 38.6 Å². The van der Waals surface area contributed by atoms with Crippen molar-refractivity contribution < 1.29 is 0 Å². The van der Waals surface area contributed by atoms with Crippen molar-refractivity contribution in [1.82, 2.24) is 4.98 Å². The topological polar surface area (TPSA) is 50.9 Å². The molecule has 0 amide bonds. The Balaban J connectivity index is 1.98. The van der Waals surface area contributed by atoms with E-state index >= 15 is 0 Å². The summed E-state index contributed by atoms with van der Waals surface area (Å²) in [5.41, 5.74) is 7.65. The van der Waals surface area contributed by atoms with Crippen LogP contribution in [0, 0.1) is 0 Å². The van der Waals surface area contributed by atoms with Gasteiger partial charge in [0.25, 0.3) is 0 Å². The lowest BCUT2D eigenvalue weighted by molar-refractivity contribution is 0.795. The number of rotatable bonds is 4. The van der Waals surface area contributed by atoms with Gasteiger partial charge in [0.1, 0.15) is 0 Å². The molecule has 0 aliphatic carbocycles. The first-order valence-corrected chi connectivity index (χ1v) is 7.02. The Morgan fingerprint density at radius 3 is 3.00 bits per heavy atom. The Labute approximate surface area is 113 Å².